The maximum Gasteiger partial charge on any atom is 0.0518 e. The highest BCUT2D eigenvalue weighted by molar-refractivity contribution is 4.93. The molecule has 0 N–H and O–H groups in total. The highest BCUT2D eigenvalue weighted by Gasteiger charge is 2.42. The molecular formula is C22H42O2. The molecule has 0 atom stereocenters. The molecule has 0 aromatic carbocycles. The summed E-state index contributed by atoms with van der Waals surface area (Å²) in [6.45, 7) is 2.00. The zero-order valence-corrected chi connectivity index (χ0v) is 16.5. The molecule has 2 aliphatic carbocycles. The maximum atomic E-state index is 5.35. The molecule has 0 unspecified atom stereocenters. The van der Waals surface area contributed by atoms with Gasteiger partial charge < -0.3 is 9.47 Å². The number of ether oxygens (including phenoxy) is 2. The van der Waals surface area contributed by atoms with Crippen LogP contribution in [-0.4, -0.2) is 27.4 Å². The lowest BCUT2D eigenvalue weighted by atomic mass is 9.97. The molecule has 0 aromatic rings. The topological polar surface area (TPSA) is 18.5 Å². The Morgan fingerprint density at radius 1 is 0.500 bits per heavy atom. The van der Waals surface area contributed by atoms with Crippen LogP contribution in [0.4, 0.5) is 0 Å². The highest BCUT2D eigenvalue weighted by atomic mass is 16.5. The van der Waals surface area contributed by atoms with Crippen molar-refractivity contribution in [2.24, 2.45) is 10.8 Å². The molecule has 0 saturated heterocycles. The molecule has 24 heavy (non-hydrogen) atoms. The first-order valence-electron chi connectivity index (χ1n) is 10.7. The molecule has 0 amide bonds. The first kappa shape index (κ1) is 20.2. The average molecular weight is 339 g/mol. The minimum atomic E-state index is 0.608. The summed E-state index contributed by atoms with van der Waals surface area (Å²) in [5.74, 6) is 0. The summed E-state index contributed by atoms with van der Waals surface area (Å²) in [7, 11) is 3.70. The van der Waals surface area contributed by atoms with Crippen molar-refractivity contribution in [2.45, 2.75) is 103 Å². The van der Waals surface area contributed by atoms with Gasteiger partial charge in [-0.25, -0.2) is 0 Å². The van der Waals surface area contributed by atoms with E-state index in [0.29, 0.717) is 10.8 Å². The van der Waals surface area contributed by atoms with Crippen LogP contribution in [0.2, 0.25) is 0 Å². The Balaban J connectivity index is 1.28. The molecule has 2 aliphatic rings. The Labute approximate surface area is 151 Å². The summed E-state index contributed by atoms with van der Waals surface area (Å²) in [6, 6.07) is 0. The lowest BCUT2D eigenvalue weighted by Gasteiger charge is -2.13. The van der Waals surface area contributed by atoms with E-state index in [0.717, 1.165) is 13.2 Å². The van der Waals surface area contributed by atoms with Crippen LogP contribution in [0, 0.1) is 10.8 Å². The second-order valence-corrected chi connectivity index (χ2v) is 8.90. The molecule has 0 spiro atoms. The SMILES string of the molecule is COCC1(CCCCCCCCCCCCC2(COC)CC2)CC1. The van der Waals surface area contributed by atoms with Crippen molar-refractivity contribution < 1.29 is 9.47 Å². The van der Waals surface area contributed by atoms with E-state index in [9.17, 15) is 0 Å². The van der Waals surface area contributed by atoms with E-state index >= 15 is 0 Å². The Morgan fingerprint density at radius 2 is 0.792 bits per heavy atom. The van der Waals surface area contributed by atoms with Crippen LogP contribution in [0.5, 0.6) is 0 Å². The Hall–Kier alpha value is -0.0800. The summed E-state index contributed by atoms with van der Waals surface area (Å²) in [5.41, 5.74) is 1.22. The van der Waals surface area contributed by atoms with Gasteiger partial charge in [-0.15, -0.1) is 0 Å². The van der Waals surface area contributed by atoms with Gasteiger partial charge in [0, 0.05) is 14.2 Å². The van der Waals surface area contributed by atoms with E-state index in [2.05, 4.69) is 0 Å². The number of unbranched alkanes of at least 4 members (excludes halogenated alkanes) is 9. The van der Waals surface area contributed by atoms with Gasteiger partial charge >= 0.3 is 0 Å². The third-order valence-corrected chi connectivity index (χ3v) is 6.48. The van der Waals surface area contributed by atoms with Crippen molar-refractivity contribution in [1.82, 2.24) is 0 Å². The van der Waals surface area contributed by atoms with E-state index in [-0.39, 0.29) is 0 Å². The molecule has 0 heterocycles. The summed E-state index contributed by atoms with van der Waals surface area (Å²) in [6.07, 6.45) is 22.9. The molecule has 2 heteroatoms. The molecule has 142 valence electrons. The second-order valence-electron chi connectivity index (χ2n) is 8.90. The van der Waals surface area contributed by atoms with E-state index in [1.807, 2.05) is 14.2 Å². The van der Waals surface area contributed by atoms with Crippen LogP contribution in [0.25, 0.3) is 0 Å². The van der Waals surface area contributed by atoms with Crippen molar-refractivity contribution >= 4 is 0 Å². The van der Waals surface area contributed by atoms with Crippen molar-refractivity contribution in [3.63, 3.8) is 0 Å². The van der Waals surface area contributed by atoms with Crippen LogP contribution >= 0.6 is 0 Å². The minimum absolute atomic E-state index is 0.608. The largest absolute Gasteiger partial charge is 0.384 e. The van der Waals surface area contributed by atoms with Gasteiger partial charge in [-0.3, -0.25) is 0 Å². The third kappa shape index (κ3) is 7.87. The Bertz CT molecular complexity index is 286. The molecule has 2 nitrogen and oxygen atoms in total. The zero-order chi connectivity index (χ0) is 17.1. The number of rotatable bonds is 17. The van der Waals surface area contributed by atoms with Gasteiger partial charge in [0.25, 0.3) is 0 Å². The first-order valence-corrected chi connectivity index (χ1v) is 10.7. The first-order chi connectivity index (χ1) is 11.7. The Kier molecular flexibility index (Phi) is 9.11. The van der Waals surface area contributed by atoms with E-state index in [1.54, 1.807) is 0 Å². The highest BCUT2D eigenvalue weighted by Crippen LogP contribution is 2.50. The third-order valence-electron chi connectivity index (χ3n) is 6.48. The van der Waals surface area contributed by atoms with E-state index in [4.69, 9.17) is 9.47 Å². The fourth-order valence-corrected chi connectivity index (χ4v) is 4.31. The zero-order valence-electron chi connectivity index (χ0n) is 16.5. The number of hydrogen-bond donors (Lipinski definition) is 0. The van der Waals surface area contributed by atoms with Gasteiger partial charge in [-0.1, -0.05) is 64.2 Å². The van der Waals surface area contributed by atoms with Crippen LogP contribution in [0.1, 0.15) is 103 Å². The summed E-state index contributed by atoms with van der Waals surface area (Å²) in [5, 5.41) is 0. The standard InChI is InChI=1S/C22H42O2/c1-23-19-21(15-16-21)13-11-9-7-5-3-4-6-8-10-12-14-22(17-18-22)20-24-2/h3-20H2,1-2H3. The van der Waals surface area contributed by atoms with Gasteiger partial charge in [-0.05, 0) is 49.4 Å². The molecule has 0 aliphatic heterocycles. The lowest BCUT2D eigenvalue weighted by molar-refractivity contribution is 0.134. The molecule has 0 aromatic heterocycles. The fraction of sp³-hybridized carbons (Fsp3) is 1.00. The summed E-state index contributed by atoms with van der Waals surface area (Å²) < 4.78 is 10.7. The monoisotopic (exact) mass is 338 g/mol. The van der Waals surface area contributed by atoms with Crippen LogP contribution in [-0.2, 0) is 9.47 Å². The Morgan fingerprint density at radius 3 is 1.04 bits per heavy atom. The number of methoxy groups -OCH3 is 2. The summed E-state index contributed by atoms with van der Waals surface area (Å²) >= 11 is 0. The van der Waals surface area contributed by atoms with Gasteiger partial charge in [0.15, 0.2) is 0 Å². The van der Waals surface area contributed by atoms with E-state index < -0.39 is 0 Å². The predicted octanol–water partition coefficient (Wildman–Crippen LogP) is 6.52. The second kappa shape index (κ2) is 10.8. The maximum absolute atomic E-state index is 5.35. The molecule has 2 fully saturated rings. The van der Waals surface area contributed by atoms with E-state index in [1.165, 1.54) is 103 Å². The van der Waals surface area contributed by atoms with Gasteiger partial charge in [0.1, 0.15) is 0 Å². The summed E-state index contributed by atoms with van der Waals surface area (Å²) in [4.78, 5) is 0. The average Bonchev–Trinajstić information content (AvgIpc) is 3.48. The lowest BCUT2D eigenvalue weighted by Crippen LogP contribution is -2.08. The molecule has 2 saturated carbocycles. The van der Waals surface area contributed by atoms with Gasteiger partial charge in [-0.2, -0.15) is 0 Å². The quantitative estimate of drug-likeness (QED) is 0.281. The van der Waals surface area contributed by atoms with Crippen LogP contribution < -0.4 is 0 Å². The predicted molar refractivity (Wildman–Crippen MR) is 102 cm³/mol. The van der Waals surface area contributed by atoms with Crippen molar-refractivity contribution in [2.75, 3.05) is 27.4 Å². The fourth-order valence-electron chi connectivity index (χ4n) is 4.31. The van der Waals surface area contributed by atoms with Crippen molar-refractivity contribution in [3.05, 3.63) is 0 Å². The molecule has 0 radical (unpaired) electrons. The normalized spacial score (nSPS) is 20.2. The van der Waals surface area contributed by atoms with Gasteiger partial charge in [0.2, 0.25) is 0 Å². The van der Waals surface area contributed by atoms with Crippen LogP contribution in [0.3, 0.4) is 0 Å². The smallest absolute Gasteiger partial charge is 0.0518 e. The number of hydrogen-bond acceptors (Lipinski definition) is 2. The van der Waals surface area contributed by atoms with Crippen LogP contribution in [0.15, 0.2) is 0 Å². The molecule has 2 rings (SSSR count). The van der Waals surface area contributed by atoms with Crippen molar-refractivity contribution in [1.29, 1.82) is 0 Å². The van der Waals surface area contributed by atoms with Crippen molar-refractivity contribution in [3.8, 4) is 0 Å². The molecule has 0 bridgehead atoms. The van der Waals surface area contributed by atoms with Gasteiger partial charge in [0.05, 0.1) is 13.2 Å². The minimum Gasteiger partial charge on any atom is -0.384 e. The molecular weight excluding hydrogens is 296 g/mol.